The molecule has 0 spiro atoms. The number of rotatable bonds is 18. The summed E-state index contributed by atoms with van der Waals surface area (Å²) >= 11 is 0. The zero-order valence-electron chi connectivity index (χ0n) is 31.8. The van der Waals surface area contributed by atoms with E-state index in [1.807, 2.05) is 72.8 Å². The van der Waals surface area contributed by atoms with Crippen molar-refractivity contribution in [3.8, 4) is 22.8 Å². The van der Waals surface area contributed by atoms with E-state index in [1.165, 1.54) is 0 Å². The van der Waals surface area contributed by atoms with E-state index in [-0.39, 0.29) is 63.6 Å². The third-order valence-electron chi connectivity index (χ3n) is 9.13. The van der Waals surface area contributed by atoms with Crippen LogP contribution in [-0.4, -0.2) is 72.2 Å². The van der Waals surface area contributed by atoms with Gasteiger partial charge in [0, 0.05) is 17.7 Å². The Balaban J connectivity index is 1.22. The molecule has 1 heterocycles. The molecule has 5 aromatic rings. The van der Waals surface area contributed by atoms with Gasteiger partial charge in [-0.1, -0.05) is 73.8 Å². The van der Waals surface area contributed by atoms with Gasteiger partial charge in [0.15, 0.2) is 0 Å². The molecule has 300 valence electrons. The van der Waals surface area contributed by atoms with Crippen LogP contribution in [0.15, 0.2) is 122 Å². The van der Waals surface area contributed by atoms with Gasteiger partial charge in [0.1, 0.15) is 37.9 Å². The van der Waals surface area contributed by atoms with Crippen molar-refractivity contribution in [1.29, 1.82) is 0 Å². The van der Waals surface area contributed by atoms with Gasteiger partial charge in [-0.05, 0) is 53.1 Å². The fraction of sp³-hybridized carbons (Fsp3) is 0.200. The maximum Gasteiger partial charge on any atom is 0.330 e. The molecule has 0 atom stereocenters. The average Bonchev–Trinajstić information content (AvgIpc) is 3.54. The molecule has 0 radical (unpaired) electrons. The molecule has 6 rings (SSSR count). The predicted octanol–water partition coefficient (Wildman–Crippen LogP) is 5.91. The largest absolute Gasteiger partial charge is 0.462 e. The first-order valence-corrected chi connectivity index (χ1v) is 18.5. The molecule has 4 aromatic carbocycles. The highest BCUT2D eigenvalue weighted by Gasteiger charge is 2.48. The molecule has 0 unspecified atom stereocenters. The highest BCUT2D eigenvalue weighted by molar-refractivity contribution is 5.88. The number of hydrogen-bond acceptors (Lipinski definition) is 14. The maximum atomic E-state index is 12.7. The van der Waals surface area contributed by atoms with Crippen LogP contribution in [0.3, 0.4) is 0 Å². The van der Waals surface area contributed by atoms with Gasteiger partial charge in [-0.3, -0.25) is 19.2 Å². The standard InChI is InChI=1S/C45H38N2O12/c1-3-37(48)54-25-27-56-39(50)21-23-41(52)58-31-17-13-29(14-18-31)45(34-10-6-5-9-33(34)43-44(45)47-36-12-8-7-11-35(36)46-43)30-15-19-32(20-16-30)59-42(53)24-22-40(51)57-28-26-55-38(49)4-2/h3-20H,1-2,21-28H2. The Morgan fingerprint density at radius 2 is 0.932 bits per heavy atom. The molecule has 0 saturated carbocycles. The number of nitrogens with zero attached hydrogens (tertiary/aromatic N) is 2. The van der Waals surface area contributed by atoms with Gasteiger partial charge in [0.25, 0.3) is 0 Å². The second kappa shape index (κ2) is 19.1. The number of hydrogen-bond donors (Lipinski definition) is 0. The van der Waals surface area contributed by atoms with Crippen molar-refractivity contribution in [3.63, 3.8) is 0 Å². The molecular weight excluding hydrogens is 760 g/mol. The lowest BCUT2D eigenvalue weighted by Gasteiger charge is -2.32. The molecule has 59 heavy (non-hydrogen) atoms. The number of ether oxygens (including phenoxy) is 6. The van der Waals surface area contributed by atoms with Crippen LogP contribution in [0.5, 0.6) is 11.5 Å². The zero-order chi connectivity index (χ0) is 41.8. The minimum absolute atomic E-state index is 0.135. The van der Waals surface area contributed by atoms with Crippen LogP contribution in [0.2, 0.25) is 0 Å². The Morgan fingerprint density at radius 3 is 1.42 bits per heavy atom. The summed E-state index contributed by atoms with van der Waals surface area (Å²) in [4.78, 5) is 82.1. The Morgan fingerprint density at radius 1 is 0.508 bits per heavy atom. The van der Waals surface area contributed by atoms with Crippen molar-refractivity contribution in [2.75, 3.05) is 26.4 Å². The van der Waals surface area contributed by atoms with E-state index in [2.05, 4.69) is 13.2 Å². The van der Waals surface area contributed by atoms with Gasteiger partial charge in [0.05, 0.1) is 53.5 Å². The Kier molecular flexibility index (Phi) is 13.3. The quantitative estimate of drug-likeness (QED) is 0.0329. The normalized spacial score (nSPS) is 11.9. The smallest absolute Gasteiger partial charge is 0.330 e. The first-order chi connectivity index (χ1) is 28.6. The SMILES string of the molecule is C=CC(=O)OCCOC(=O)CCC(=O)Oc1ccc(C2(c3ccc(OC(=O)CCC(=O)OCCOC(=O)C=C)cc3)c3ccccc3-c3nc4ccccc4nc32)cc1. The van der Waals surface area contributed by atoms with Crippen molar-refractivity contribution < 1.29 is 57.2 Å². The van der Waals surface area contributed by atoms with E-state index in [4.69, 9.17) is 38.4 Å². The number of para-hydroxylation sites is 2. The molecular formula is C45H38N2O12. The van der Waals surface area contributed by atoms with Gasteiger partial charge in [-0.15, -0.1) is 0 Å². The van der Waals surface area contributed by atoms with Gasteiger partial charge < -0.3 is 28.4 Å². The minimum Gasteiger partial charge on any atom is -0.462 e. The lowest BCUT2D eigenvalue weighted by Crippen LogP contribution is -2.29. The molecule has 1 aliphatic rings. The Bertz CT molecular complexity index is 2310. The summed E-state index contributed by atoms with van der Waals surface area (Å²) in [7, 11) is 0. The molecule has 0 aliphatic heterocycles. The van der Waals surface area contributed by atoms with Crippen LogP contribution < -0.4 is 9.47 Å². The Labute approximate surface area is 338 Å². The van der Waals surface area contributed by atoms with E-state index < -0.39 is 41.2 Å². The second-order valence-electron chi connectivity index (χ2n) is 12.9. The second-order valence-corrected chi connectivity index (χ2v) is 12.9. The number of esters is 6. The van der Waals surface area contributed by atoms with E-state index in [0.29, 0.717) is 16.9 Å². The summed E-state index contributed by atoms with van der Waals surface area (Å²) in [5.41, 5.74) is 5.07. The monoisotopic (exact) mass is 798 g/mol. The number of benzene rings is 4. The van der Waals surface area contributed by atoms with Gasteiger partial charge in [0.2, 0.25) is 0 Å². The molecule has 14 heteroatoms. The summed E-state index contributed by atoms with van der Waals surface area (Å²) in [6.07, 6.45) is 1.05. The minimum atomic E-state index is -1.03. The lowest BCUT2D eigenvalue weighted by atomic mass is 9.69. The molecule has 0 fully saturated rings. The van der Waals surface area contributed by atoms with Crippen LogP contribution in [0.4, 0.5) is 0 Å². The topological polar surface area (TPSA) is 184 Å². The van der Waals surface area contributed by atoms with Crippen LogP contribution in [0.1, 0.15) is 48.1 Å². The van der Waals surface area contributed by atoms with E-state index >= 15 is 0 Å². The summed E-state index contributed by atoms with van der Waals surface area (Å²) in [5.74, 6) is -3.38. The van der Waals surface area contributed by atoms with Crippen LogP contribution in [0, 0.1) is 0 Å². The third-order valence-corrected chi connectivity index (χ3v) is 9.13. The van der Waals surface area contributed by atoms with E-state index in [1.54, 1.807) is 24.3 Å². The van der Waals surface area contributed by atoms with Crippen LogP contribution in [-0.2, 0) is 53.1 Å². The molecule has 0 saturated heterocycles. The average molecular weight is 799 g/mol. The summed E-state index contributed by atoms with van der Waals surface area (Å²) in [6, 6.07) is 29.4. The zero-order valence-corrected chi connectivity index (χ0v) is 31.8. The lowest BCUT2D eigenvalue weighted by molar-refractivity contribution is -0.151. The summed E-state index contributed by atoms with van der Waals surface area (Å²) in [5, 5.41) is 0. The summed E-state index contributed by atoms with van der Waals surface area (Å²) in [6.45, 7) is 5.99. The third kappa shape index (κ3) is 9.74. The van der Waals surface area contributed by atoms with Gasteiger partial charge >= 0.3 is 35.8 Å². The van der Waals surface area contributed by atoms with Crippen molar-refractivity contribution in [2.24, 2.45) is 0 Å². The van der Waals surface area contributed by atoms with Crippen molar-refractivity contribution in [2.45, 2.75) is 31.1 Å². The number of aromatic nitrogens is 2. The highest BCUT2D eigenvalue weighted by Crippen LogP contribution is 2.55. The number of fused-ring (bicyclic) bond motifs is 4. The van der Waals surface area contributed by atoms with Gasteiger partial charge in [-0.25, -0.2) is 19.6 Å². The molecule has 1 aliphatic carbocycles. The summed E-state index contributed by atoms with van der Waals surface area (Å²) < 4.78 is 30.6. The fourth-order valence-corrected chi connectivity index (χ4v) is 6.52. The predicted molar refractivity (Wildman–Crippen MR) is 211 cm³/mol. The molecule has 14 nitrogen and oxygen atoms in total. The van der Waals surface area contributed by atoms with E-state index in [9.17, 15) is 28.8 Å². The highest BCUT2D eigenvalue weighted by atomic mass is 16.6. The van der Waals surface area contributed by atoms with Crippen molar-refractivity contribution >= 4 is 46.8 Å². The van der Waals surface area contributed by atoms with Crippen LogP contribution in [0.25, 0.3) is 22.3 Å². The maximum absolute atomic E-state index is 12.7. The fourth-order valence-electron chi connectivity index (χ4n) is 6.52. The van der Waals surface area contributed by atoms with E-state index in [0.717, 1.165) is 39.9 Å². The first-order valence-electron chi connectivity index (χ1n) is 18.5. The Hall–Kier alpha value is -7.48. The first kappa shape index (κ1) is 41.2. The van der Waals surface area contributed by atoms with Crippen molar-refractivity contribution in [3.05, 3.63) is 145 Å². The van der Waals surface area contributed by atoms with Gasteiger partial charge in [-0.2, -0.15) is 0 Å². The molecule has 1 aromatic heterocycles. The number of carbonyl (C=O) groups excluding carboxylic acids is 6. The molecule has 0 amide bonds. The van der Waals surface area contributed by atoms with Crippen LogP contribution >= 0.6 is 0 Å². The van der Waals surface area contributed by atoms with Crippen molar-refractivity contribution in [1.82, 2.24) is 9.97 Å². The molecule has 0 bridgehead atoms. The molecule has 0 N–H and O–H groups in total. The number of carbonyl (C=O) groups is 6.